The van der Waals surface area contributed by atoms with Gasteiger partial charge in [0, 0.05) is 6.54 Å². The third-order valence-electron chi connectivity index (χ3n) is 3.70. The summed E-state index contributed by atoms with van der Waals surface area (Å²) in [4.78, 5) is 16.7. The number of ether oxygens (including phenoxy) is 1. The molecule has 8 heteroatoms. The Morgan fingerprint density at radius 1 is 1.38 bits per heavy atom. The number of hydrogen-bond donors (Lipinski definition) is 2. The van der Waals surface area contributed by atoms with Crippen LogP contribution < -0.4 is 5.46 Å². The van der Waals surface area contributed by atoms with Crippen molar-refractivity contribution in [3.8, 4) is 0 Å². The first kappa shape index (κ1) is 18.6. The quantitative estimate of drug-likeness (QED) is 0.446. The number of nitrogens with zero attached hydrogens (tertiary/aromatic N) is 2. The van der Waals surface area contributed by atoms with Crippen LogP contribution in [0.5, 0.6) is 0 Å². The summed E-state index contributed by atoms with van der Waals surface area (Å²) in [6.07, 6.45) is 4.08. The number of rotatable bonds is 7. The van der Waals surface area contributed by atoms with E-state index in [4.69, 9.17) is 14.8 Å². The van der Waals surface area contributed by atoms with Gasteiger partial charge in [-0.25, -0.2) is 9.78 Å². The molecule has 1 aromatic carbocycles. The van der Waals surface area contributed by atoms with E-state index in [-0.39, 0.29) is 12.1 Å². The molecule has 0 saturated carbocycles. The number of esters is 1. The molecule has 2 N–H and O–H groups in total. The van der Waals surface area contributed by atoms with Crippen molar-refractivity contribution in [2.75, 3.05) is 6.26 Å². The maximum absolute atomic E-state index is 12.4. The van der Waals surface area contributed by atoms with Crippen molar-refractivity contribution in [3.63, 3.8) is 0 Å². The van der Waals surface area contributed by atoms with Gasteiger partial charge >= 0.3 is 13.1 Å². The van der Waals surface area contributed by atoms with Gasteiger partial charge in [0.25, 0.3) is 0 Å². The molecule has 2 aromatic rings. The number of benzene rings is 1. The molecule has 0 saturated heterocycles. The Labute approximate surface area is 146 Å². The van der Waals surface area contributed by atoms with E-state index in [2.05, 4.69) is 4.98 Å². The zero-order valence-electron chi connectivity index (χ0n) is 14.0. The summed E-state index contributed by atoms with van der Waals surface area (Å²) in [5.74, 6) is -0.381. The van der Waals surface area contributed by atoms with Crippen molar-refractivity contribution in [2.24, 2.45) is 0 Å². The fourth-order valence-electron chi connectivity index (χ4n) is 2.15. The Morgan fingerprint density at radius 2 is 2.04 bits per heavy atom. The van der Waals surface area contributed by atoms with Crippen LogP contribution in [0.25, 0.3) is 0 Å². The molecule has 6 nitrogen and oxygen atoms in total. The standard InChI is InChI=1S/C16H21BN2O4S/c1-4-11(2)23-16(20)14-15(24-3)18-10-19(14)9-12-5-7-13(8-6-12)17(21)22/h5-8,10-11,21-22H,4,9H2,1-3H3. The van der Waals surface area contributed by atoms with Crippen LogP contribution in [-0.4, -0.2) is 45.0 Å². The van der Waals surface area contributed by atoms with Crippen LogP contribution in [0, 0.1) is 0 Å². The van der Waals surface area contributed by atoms with E-state index in [1.807, 2.05) is 20.1 Å². The molecule has 0 amide bonds. The van der Waals surface area contributed by atoms with E-state index >= 15 is 0 Å². The summed E-state index contributed by atoms with van der Waals surface area (Å²) in [5, 5.41) is 18.9. The Bertz CT molecular complexity index is 688. The van der Waals surface area contributed by atoms with E-state index < -0.39 is 7.12 Å². The highest BCUT2D eigenvalue weighted by molar-refractivity contribution is 7.98. The second-order valence-electron chi connectivity index (χ2n) is 5.47. The largest absolute Gasteiger partial charge is 0.488 e. The number of hydrogen-bond acceptors (Lipinski definition) is 6. The monoisotopic (exact) mass is 348 g/mol. The van der Waals surface area contributed by atoms with Gasteiger partial charge in [-0.05, 0) is 30.6 Å². The van der Waals surface area contributed by atoms with E-state index in [9.17, 15) is 4.79 Å². The summed E-state index contributed by atoms with van der Waals surface area (Å²) >= 11 is 1.40. The number of thioether (sulfide) groups is 1. The van der Waals surface area contributed by atoms with Crippen LogP contribution in [0.4, 0.5) is 0 Å². The lowest BCUT2D eigenvalue weighted by Crippen LogP contribution is -2.29. The van der Waals surface area contributed by atoms with Gasteiger partial charge in [0.05, 0.1) is 12.4 Å². The van der Waals surface area contributed by atoms with E-state index in [1.54, 1.807) is 35.2 Å². The van der Waals surface area contributed by atoms with Crippen molar-refractivity contribution in [1.29, 1.82) is 0 Å². The Hall–Kier alpha value is -1.77. The van der Waals surface area contributed by atoms with Crippen molar-refractivity contribution >= 4 is 30.3 Å². The first-order chi connectivity index (χ1) is 11.5. The molecule has 1 unspecified atom stereocenters. The predicted octanol–water partition coefficient (Wildman–Crippen LogP) is 1.29. The minimum atomic E-state index is -1.49. The second-order valence-corrected chi connectivity index (χ2v) is 6.26. The molecule has 1 atom stereocenters. The van der Waals surface area contributed by atoms with Gasteiger partial charge in [0.1, 0.15) is 5.03 Å². The molecule has 24 heavy (non-hydrogen) atoms. The summed E-state index contributed by atoms with van der Waals surface area (Å²) in [7, 11) is -1.49. The normalized spacial score (nSPS) is 12.0. The van der Waals surface area contributed by atoms with Crippen LogP contribution >= 0.6 is 11.8 Å². The van der Waals surface area contributed by atoms with Gasteiger partial charge in [-0.2, -0.15) is 0 Å². The molecule has 0 aliphatic heterocycles. The van der Waals surface area contributed by atoms with Crippen LogP contribution in [0.3, 0.4) is 0 Å². The number of carbonyl (C=O) groups is 1. The molecule has 0 aliphatic carbocycles. The number of aromatic nitrogens is 2. The molecule has 0 spiro atoms. The van der Waals surface area contributed by atoms with E-state index in [0.717, 1.165) is 12.0 Å². The highest BCUT2D eigenvalue weighted by Crippen LogP contribution is 2.21. The summed E-state index contributed by atoms with van der Waals surface area (Å²) in [6.45, 7) is 4.26. The number of carbonyl (C=O) groups excluding carboxylic acids is 1. The molecule has 0 fully saturated rings. The van der Waals surface area contributed by atoms with Crippen molar-refractivity contribution < 1.29 is 19.6 Å². The molecule has 0 bridgehead atoms. The van der Waals surface area contributed by atoms with Crippen LogP contribution in [0.15, 0.2) is 35.6 Å². The van der Waals surface area contributed by atoms with Gasteiger partial charge < -0.3 is 19.4 Å². The SMILES string of the molecule is CCC(C)OC(=O)c1c(SC)ncn1Cc1ccc(B(O)O)cc1. The lowest BCUT2D eigenvalue weighted by Gasteiger charge is -2.13. The second kappa shape index (κ2) is 8.37. The fourth-order valence-corrected chi connectivity index (χ4v) is 2.70. The first-order valence-corrected chi connectivity index (χ1v) is 8.93. The van der Waals surface area contributed by atoms with Gasteiger partial charge in [-0.15, -0.1) is 11.8 Å². The van der Waals surface area contributed by atoms with Crippen LogP contribution in [-0.2, 0) is 11.3 Å². The van der Waals surface area contributed by atoms with Crippen molar-refractivity contribution in [3.05, 3.63) is 41.9 Å². The lowest BCUT2D eigenvalue weighted by atomic mass is 9.80. The summed E-state index contributed by atoms with van der Waals surface area (Å²) in [5.41, 5.74) is 1.78. The Morgan fingerprint density at radius 3 is 2.58 bits per heavy atom. The van der Waals surface area contributed by atoms with Crippen molar-refractivity contribution in [2.45, 2.75) is 37.9 Å². The zero-order chi connectivity index (χ0) is 17.7. The van der Waals surface area contributed by atoms with Gasteiger partial charge in [-0.3, -0.25) is 0 Å². The molecule has 2 rings (SSSR count). The highest BCUT2D eigenvalue weighted by Gasteiger charge is 2.21. The minimum Gasteiger partial charge on any atom is -0.458 e. The molecule has 0 radical (unpaired) electrons. The molecular formula is C16H21BN2O4S. The minimum absolute atomic E-state index is 0.152. The average molecular weight is 348 g/mol. The Balaban J connectivity index is 2.24. The highest BCUT2D eigenvalue weighted by atomic mass is 32.2. The zero-order valence-corrected chi connectivity index (χ0v) is 14.8. The topological polar surface area (TPSA) is 84.6 Å². The maximum atomic E-state index is 12.4. The average Bonchev–Trinajstić information content (AvgIpc) is 2.97. The third-order valence-corrected chi connectivity index (χ3v) is 4.39. The van der Waals surface area contributed by atoms with Gasteiger partial charge in [-0.1, -0.05) is 31.2 Å². The first-order valence-electron chi connectivity index (χ1n) is 7.71. The maximum Gasteiger partial charge on any atom is 0.488 e. The van der Waals surface area contributed by atoms with E-state index in [1.165, 1.54) is 11.8 Å². The number of imidazole rings is 1. The molecule has 1 heterocycles. The van der Waals surface area contributed by atoms with Gasteiger partial charge in [0.2, 0.25) is 0 Å². The fraction of sp³-hybridized carbons (Fsp3) is 0.375. The predicted molar refractivity (Wildman–Crippen MR) is 94.5 cm³/mol. The van der Waals surface area contributed by atoms with Gasteiger partial charge in [0.15, 0.2) is 5.69 Å². The van der Waals surface area contributed by atoms with E-state index in [0.29, 0.717) is 22.7 Å². The molecule has 1 aromatic heterocycles. The molecule has 0 aliphatic rings. The van der Waals surface area contributed by atoms with Crippen LogP contribution in [0.1, 0.15) is 36.3 Å². The third kappa shape index (κ3) is 4.40. The summed E-state index contributed by atoms with van der Waals surface area (Å²) < 4.78 is 7.19. The smallest absolute Gasteiger partial charge is 0.458 e. The Kier molecular flexibility index (Phi) is 6.48. The molecule has 128 valence electrons. The lowest BCUT2D eigenvalue weighted by molar-refractivity contribution is 0.0317. The summed E-state index contributed by atoms with van der Waals surface area (Å²) in [6, 6.07) is 6.86. The molecular weight excluding hydrogens is 327 g/mol. The van der Waals surface area contributed by atoms with Crippen molar-refractivity contribution in [1.82, 2.24) is 9.55 Å². The van der Waals surface area contributed by atoms with Crippen LogP contribution in [0.2, 0.25) is 0 Å².